The van der Waals surface area contributed by atoms with E-state index in [2.05, 4.69) is 31.2 Å². The zero-order chi connectivity index (χ0) is 28.4. The summed E-state index contributed by atoms with van der Waals surface area (Å²) in [5.41, 5.74) is 13.0. The number of rotatable bonds is 8. The van der Waals surface area contributed by atoms with Crippen LogP contribution in [0.15, 0.2) is 29.2 Å². The minimum Gasteiger partial charge on any atom is -0.494 e. The van der Waals surface area contributed by atoms with Crippen molar-refractivity contribution in [1.82, 2.24) is 19.4 Å². The number of nitrogens with one attached hydrogen (secondary N) is 1. The summed E-state index contributed by atoms with van der Waals surface area (Å²) in [5, 5.41) is 3.40. The maximum Gasteiger partial charge on any atom is 0.256 e. The van der Waals surface area contributed by atoms with Gasteiger partial charge in [-0.2, -0.15) is 4.98 Å². The fourth-order valence-corrected chi connectivity index (χ4v) is 5.62. The molecule has 12 nitrogen and oxygen atoms in total. The van der Waals surface area contributed by atoms with E-state index in [-0.39, 0.29) is 28.6 Å². The third kappa shape index (κ3) is 5.54. The smallest absolute Gasteiger partial charge is 0.256 e. The number of primary amides is 1. The standard InChI is InChI=1S/C28H38N8O4/c1-17(2)16-36-25(29)23(26(30)38)24(37)20-15-31-28(33-27(20)36)32-21-5-4-19(14-22(21)39-3)34-8-6-18(7-9-34)35-10-12-40-13-11-35/h4-5,14-15,17-18H,6-13,16,29H2,1-3H3,(H2,30,38)(H,31,32,33). The van der Waals surface area contributed by atoms with E-state index in [9.17, 15) is 9.59 Å². The summed E-state index contributed by atoms with van der Waals surface area (Å²) in [5.74, 6) is 0.223. The fraction of sp³-hybridized carbons (Fsp3) is 0.500. The van der Waals surface area contributed by atoms with E-state index in [4.69, 9.17) is 20.9 Å². The Labute approximate surface area is 233 Å². The number of amides is 1. The van der Waals surface area contributed by atoms with Crippen LogP contribution in [-0.4, -0.2) is 77.9 Å². The van der Waals surface area contributed by atoms with Gasteiger partial charge in [-0.15, -0.1) is 0 Å². The Morgan fingerprint density at radius 1 is 1.20 bits per heavy atom. The maximum absolute atomic E-state index is 13.0. The van der Waals surface area contributed by atoms with Gasteiger partial charge in [0, 0.05) is 56.7 Å². The molecule has 3 aromatic rings. The molecule has 0 spiro atoms. The van der Waals surface area contributed by atoms with Gasteiger partial charge in [-0.05, 0) is 30.9 Å². The van der Waals surface area contributed by atoms with Crippen molar-refractivity contribution >= 4 is 40.1 Å². The lowest BCUT2D eigenvalue weighted by molar-refractivity contribution is 0.0115. The molecule has 1 aromatic carbocycles. The highest BCUT2D eigenvalue weighted by atomic mass is 16.5. The monoisotopic (exact) mass is 550 g/mol. The van der Waals surface area contributed by atoms with Gasteiger partial charge in [0.25, 0.3) is 5.91 Å². The van der Waals surface area contributed by atoms with Crippen LogP contribution in [0.5, 0.6) is 5.75 Å². The number of nitrogen functional groups attached to an aromatic ring is 1. The van der Waals surface area contributed by atoms with Gasteiger partial charge < -0.3 is 35.7 Å². The Balaban J connectivity index is 1.38. The number of morpholine rings is 1. The fourth-order valence-electron chi connectivity index (χ4n) is 5.62. The lowest BCUT2D eigenvalue weighted by atomic mass is 10.0. The van der Waals surface area contributed by atoms with E-state index in [1.807, 2.05) is 26.0 Å². The summed E-state index contributed by atoms with van der Waals surface area (Å²) in [6, 6.07) is 6.63. The second-order valence-electron chi connectivity index (χ2n) is 10.8. The van der Waals surface area contributed by atoms with Crippen LogP contribution in [0, 0.1) is 5.92 Å². The van der Waals surface area contributed by atoms with Crippen molar-refractivity contribution in [2.75, 3.05) is 62.5 Å². The van der Waals surface area contributed by atoms with Crippen LogP contribution in [0.25, 0.3) is 11.0 Å². The highest BCUT2D eigenvalue weighted by Gasteiger charge is 2.26. The molecular formula is C28H38N8O4. The number of nitrogens with two attached hydrogens (primary N) is 2. The minimum absolute atomic E-state index is 0.00248. The van der Waals surface area contributed by atoms with Gasteiger partial charge in [-0.3, -0.25) is 14.5 Å². The van der Waals surface area contributed by atoms with Crippen molar-refractivity contribution in [2.24, 2.45) is 11.7 Å². The Hall–Kier alpha value is -3.90. The number of piperidine rings is 1. The van der Waals surface area contributed by atoms with E-state index in [1.54, 1.807) is 11.7 Å². The number of aromatic nitrogens is 3. The Morgan fingerprint density at radius 3 is 2.58 bits per heavy atom. The number of fused-ring (bicyclic) bond motifs is 1. The number of ether oxygens (including phenoxy) is 2. The first-order valence-electron chi connectivity index (χ1n) is 13.8. The summed E-state index contributed by atoms with van der Waals surface area (Å²) in [6.45, 7) is 10.1. The molecule has 1 amide bonds. The number of hydrogen-bond donors (Lipinski definition) is 3. The lowest BCUT2D eigenvalue weighted by Crippen LogP contribution is -2.49. The van der Waals surface area contributed by atoms with Crippen molar-refractivity contribution in [2.45, 2.75) is 39.3 Å². The van der Waals surface area contributed by atoms with Crippen LogP contribution in [0.2, 0.25) is 0 Å². The number of anilines is 4. The lowest BCUT2D eigenvalue weighted by Gasteiger charge is -2.40. The van der Waals surface area contributed by atoms with Crippen LogP contribution in [0.1, 0.15) is 37.0 Å². The molecule has 214 valence electrons. The first kappa shape index (κ1) is 27.7. The van der Waals surface area contributed by atoms with Crippen LogP contribution in [-0.2, 0) is 11.3 Å². The van der Waals surface area contributed by atoms with Crippen molar-refractivity contribution in [3.8, 4) is 5.75 Å². The van der Waals surface area contributed by atoms with E-state index >= 15 is 0 Å². The SMILES string of the molecule is COc1cc(N2CCC(N3CCOCC3)CC2)ccc1Nc1ncc2c(=O)c(C(N)=O)c(N)n(CC(C)C)c2n1. The highest BCUT2D eigenvalue weighted by molar-refractivity contribution is 6.00. The number of hydrogen-bond acceptors (Lipinski definition) is 10. The van der Waals surface area contributed by atoms with Crippen LogP contribution < -0.4 is 31.8 Å². The number of benzene rings is 1. The third-order valence-electron chi connectivity index (χ3n) is 7.66. The molecule has 0 radical (unpaired) electrons. The van der Waals surface area contributed by atoms with Crippen LogP contribution >= 0.6 is 0 Å². The summed E-state index contributed by atoms with van der Waals surface area (Å²) in [6.07, 6.45) is 3.63. The number of carbonyl (C=O) groups excluding carboxylic acids is 1. The normalized spacial score (nSPS) is 16.9. The van der Waals surface area contributed by atoms with Crippen molar-refractivity contribution in [3.63, 3.8) is 0 Å². The molecule has 4 heterocycles. The van der Waals surface area contributed by atoms with Crippen LogP contribution in [0.3, 0.4) is 0 Å². The second-order valence-corrected chi connectivity index (χ2v) is 10.8. The number of methoxy groups -OCH3 is 1. The maximum atomic E-state index is 13.0. The quantitative estimate of drug-likeness (QED) is 0.380. The van der Waals surface area contributed by atoms with E-state index in [1.165, 1.54) is 6.20 Å². The molecule has 2 aliphatic rings. The van der Waals surface area contributed by atoms with Gasteiger partial charge in [0.1, 0.15) is 17.1 Å². The summed E-state index contributed by atoms with van der Waals surface area (Å²) in [7, 11) is 1.63. The molecule has 0 bridgehead atoms. The number of nitrogens with zero attached hydrogens (tertiary/aromatic N) is 5. The van der Waals surface area contributed by atoms with E-state index in [0.29, 0.717) is 29.7 Å². The van der Waals surface area contributed by atoms with Crippen molar-refractivity contribution in [3.05, 3.63) is 40.2 Å². The van der Waals surface area contributed by atoms with Gasteiger partial charge in [-0.25, -0.2) is 4.98 Å². The number of carbonyl (C=O) groups is 1. The van der Waals surface area contributed by atoms with Crippen LogP contribution in [0.4, 0.5) is 23.1 Å². The predicted octanol–water partition coefficient (Wildman–Crippen LogP) is 2.18. The Kier molecular flexibility index (Phi) is 8.08. The van der Waals surface area contributed by atoms with Crippen molar-refractivity contribution < 1.29 is 14.3 Å². The minimum atomic E-state index is -0.876. The Morgan fingerprint density at radius 2 is 1.93 bits per heavy atom. The molecule has 2 saturated heterocycles. The van der Waals surface area contributed by atoms with Gasteiger partial charge in [0.2, 0.25) is 11.4 Å². The van der Waals surface area contributed by atoms with Gasteiger partial charge in [-0.1, -0.05) is 13.8 Å². The van der Waals surface area contributed by atoms with Gasteiger partial charge >= 0.3 is 0 Å². The zero-order valence-corrected chi connectivity index (χ0v) is 23.4. The first-order chi connectivity index (χ1) is 19.3. The molecule has 12 heteroatoms. The van der Waals surface area contributed by atoms with E-state index in [0.717, 1.165) is 57.9 Å². The average Bonchev–Trinajstić information content (AvgIpc) is 2.96. The summed E-state index contributed by atoms with van der Waals surface area (Å²) >= 11 is 0. The topological polar surface area (TPSA) is 154 Å². The average molecular weight is 551 g/mol. The summed E-state index contributed by atoms with van der Waals surface area (Å²) < 4.78 is 12.9. The Bertz CT molecular complexity index is 1440. The molecule has 5 N–H and O–H groups in total. The molecule has 2 aliphatic heterocycles. The molecule has 40 heavy (non-hydrogen) atoms. The molecular weight excluding hydrogens is 512 g/mol. The summed E-state index contributed by atoms with van der Waals surface area (Å²) in [4.78, 5) is 38.9. The van der Waals surface area contributed by atoms with Crippen molar-refractivity contribution in [1.29, 1.82) is 0 Å². The zero-order valence-electron chi connectivity index (χ0n) is 23.4. The largest absolute Gasteiger partial charge is 0.494 e. The third-order valence-corrected chi connectivity index (χ3v) is 7.66. The molecule has 0 atom stereocenters. The highest BCUT2D eigenvalue weighted by Crippen LogP contribution is 2.33. The second kappa shape index (κ2) is 11.7. The molecule has 0 saturated carbocycles. The first-order valence-corrected chi connectivity index (χ1v) is 13.8. The molecule has 0 aliphatic carbocycles. The molecule has 0 unspecified atom stereocenters. The van der Waals surface area contributed by atoms with E-state index < -0.39 is 11.3 Å². The molecule has 2 aromatic heterocycles. The predicted molar refractivity (Wildman–Crippen MR) is 155 cm³/mol. The molecule has 2 fully saturated rings. The van der Waals surface area contributed by atoms with Gasteiger partial charge in [0.15, 0.2) is 5.65 Å². The van der Waals surface area contributed by atoms with Gasteiger partial charge in [0.05, 0.1) is 31.4 Å². The number of pyridine rings is 1. The molecule has 5 rings (SSSR count).